The number of hydrazine groups is 1. The van der Waals surface area contributed by atoms with Crippen LogP contribution in [-0.2, 0) is 9.59 Å². The van der Waals surface area contributed by atoms with E-state index < -0.39 is 0 Å². The van der Waals surface area contributed by atoms with Crippen molar-refractivity contribution >= 4 is 11.7 Å². The number of ketones is 1. The molecule has 2 atom stereocenters. The molecule has 2 aromatic carbocycles. The SMILES string of the molecule is CCOc1ccccc1[C@H]1CC(=O)N(N(C)C)C2=C1C(=O)C[C@@H](c1ccccc1)C2. The number of nitrogens with zero attached hydrogens (tertiary/aromatic N) is 2. The zero-order valence-corrected chi connectivity index (χ0v) is 17.8. The molecule has 0 saturated carbocycles. The summed E-state index contributed by atoms with van der Waals surface area (Å²) in [6, 6.07) is 17.9. The molecular formula is C25H28N2O3. The zero-order chi connectivity index (χ0) is 21.3. The summed E-state index contributed by atoms with van der Waals surface area (Å²) in [5.41, 5.74) is 3.66. The first kappa shape index (κ1) is 20.4. The van der Waals surface area contributed by atoms with Gasteiger partial charge in [-0.25, -0.2) is 10.0 Å². The third-order valence-electron chi connectivity index (χ3n) is 5.97. The van der Waals surface area contributed by atoms with Gasteiger partial charge in [-0.05, 0) is 30.9 Å². The average Bonchev–Trinajstić information content (AvgIpc) is 2.74. The normalized spacial score (nSPS) is 21.8. The Morgan fingerprint density at radius 1 is 0.967 bits per heavy atom. The highest BCUT2D eigenvalue weighted by molar-refractivity contribution is 6.02. The van der Waals surface area contributed by atoms with Crippen LogP contribution in [0.1, 0.15) is 49.1 Å². The van der Waals surface area contributed by atoms with E-state index in [9.17, 15) is 9.59 Å². The van der Waals surface area contributed by atoms with Crippen LogP contribution in [-0.4, -0.2) is 42.4 Å². The number of carbonyl (C=O) groups is 2. The van der Waals surface area contributed by atoms with E-state index in [0.717, 1.165) is 28.1 Å². The van der Waals surface area contributed by atoms with Gasteiger partial charge < -0.3 is 4.74 Å². The van der Waals surface area contributed by atoms with Crippen LogP contribution in [0, 0.1) is 0 Å². The van der Waals surface area contributed by atoms with Crippen LogP contribution in [0.3, 0.4) is 0 Å². The molecule has 2 aromatic rings. The number of ether oxygens (including phenoxy) is 1. The number of para-hydroxylation sites is 1. The van der Waals surface area contributed by atoms with Gasteiger partial charge in [0.15, 0.2) is 5.78 Å². The predicted octanol–water partition coefficient (Wildman–Crippen LogP) is 4.28. The van der Waals surface area contributed by atoms with Crippen LogP contribution >= 0.6 is 0 Å². The maximum absolute atomic E-state index is 13.5. The van der Waals surface area contributed by atoms with Crippen LogP contribution in [0.5, 0.6) is 5.75 Å². The van der Waals surface area contributed by atoms with Crippen LogP contribution in [0.2, 0.25) is 0 Å². The smallest absolute Gasteiger partial charge is 0.242 e. The van der Waals surface area contributed by atoms with Gasteiger partial charge in [-0.3, -0.25) is 9.59 Å². The van der Waals surface area contributed by atoms with Gasteiger partial charge >= 0.3 is 0 Å². The van der Waals surface area contributed by atoms with Gasteiger partial charge in [-0.1, -0.05) is 48.5 Å². The fourth-order valence-corrected chi connectivity index (χ4v) is 4.77. The summed E-state index contributed by atoms with van der Waals surface area (Å²) in [5, 5.41) is 3.49. The molecule has 2 aliphatic rings. The fraction of sp³-hybridized carbons (Fsp3) is 0.360. The van der Waals surface area contributed by atoms with Crippen molar-refractivity contribution in [3.05, 3.63) is 77.0 Å². The molecule has 0 unspecified atom stereocenters. The van der Waals surface area contributed by atoms with Crippen molar-refractivity contribution in [3.8, 4) is 5.75 Å². The van der Waals surface area contributed by atoms with Gasteiger partial charge in [-0.15, -0.1) is 0 Å². The van der Waals surface area contributed by atoms with Crippen molar-refractivity contribution in [2.45, 2.75) is 38.0 Å². The number of hydrogen-bond donors (Lipinski definition) is 0. The Bertz CT molecular complexity index is 981. The first-order chi connectivity index (χ1) is 14.5. The van der Waals surface area contributed by atoms with E-state index in [4.69, 9.17) is 4.74 Å². The van der Waals surface area contributed by atoms with Crippen LogP contribution < -0.4 is 4.74 Å². The summed E-state index contributed by atoms with van der Waals surface area (Å²) in [6.45, 7) is 2.48. The second kappa shape index (κ2) is 8.44. The van der Waals surface area contributed by atoms with Gasteiger partial charge in [0.05, 0.1) is 6.61 Å². The fourth-order valence-electron chi connectivity index (χ4n) is 4.77. The van der Waals surface area contributed by atoms with Gasteiger partial charge in [0.25, 0.3) is 0 Å². The monoisotopic (exact) mass is 404 g/mol. The quantitative estimate of drug-likeness (QED) is 0.746. The number of Topliss-reactive ketones (excluding diaryl/α,β-unsaturated/α-hetero) is 1. The Kier molecular flexibility index (Phi) is 5.73. The number of hydrogen-bond acceptors (Lipinski definition) is 4. The molecule has 4 rings (SSSR count). The van der Waals surface area contributed by atoms with E-state index in [-0.39, 0.29) is 29.9 Å². The Balaban J connectivity index is 1.83. The molecule has 0 fully saturated rings. The Morgan fingerprint density at radius 3 is 2.37 bits per heavy atom. The number of carbonyl (C=O) groups excluding carboxylic acids is 2. The summed E-state index contributed by atoms with van der Waals surface area (Å²) in [4.78, 5) is 26.7. The molecule has 0 bridgehead atoms. The molecule has 0 spiro atoms. The second-order valence-electron chi connectivity index (χ2n) is 8.08. The Hall–Kier alpha value is -2.92. The summed E-state index contributed by atoms with van der Waals surface area (Å²) in [6.07, 6.45) is 1.40. The molecule has 156 valence electrons. The lowest BCUT2D eigenvalue weighted by atomic mass is 9.73. The minimum atomic E-state index is -0.268. The van der Waals surface area contributed by atoms with Gasteiger partial charge in [-0.2, -0.15) is 0 Å². The first-order valence-corrected chi connectivity index (χ1v) is 10.5. The van der Waals surface area contributed by atoms with E-state index >= 15 is 0 Å². The van der Waals surface area contributed by atoms with Crippen LogP contribution in [0.25, 0.3) is 0 Å². The van der Waals surface area contributed by atoms with Crippen molar-refractivity contribution in [2.75, 3.05) is 20.7 Å². The number of benzene rings is 2. The van der Waals surface area contributed by atoms with Crippen molar-refractivity contribution in [1.29, 1.82) is 0 Å². The van der Waals surface area contributed by atoms with Crippen molar-refractivity contribution in [3.63, 3.8) is 0 Å². The summed E-state index contributed by atoms with van der Waals surface area (Å²) >= 11 is 0. The molecule has 0 radical (unpaired) electrons. The Labute approximate surface area is 177 Å². The highest BCUT2D eigenvalue weighted by Gasteiger charge is 2.43. The molecule has 0 saturated heterocycles. The minimum Gasteiger partial charge on any atom is -0.494 e. The number of amides is 1. The number of allylic oxidation sites excluding steroid dienone is 2. The molecule has 1 aliphatic heterocycles. The predicted molar refractivity (Wildman–Crippen MR) is 116 cm³/mol. The van der Waals surface area contributed by atoms with Gasteiger partial charge in [0.2, 0.25) is 5.91 Å². The summed E-state index contributed by atoms with van der Waals surface area (Å²) in [7, 11) is 3.71. The van der Waals surface area contributed by atoms with Gasteiger partial charge in [0, 0.05) is 49.7 Å². The molecule has 0 aromatic heterocycles. The molecule has 0 N–H and O–H groups in total. The largest absolute Gasteiger partial charge is 0.494 e. The molecule has 5 nitrogen and oxygen atoms in total. The molecule has 1 heterocycles. The Morgan fingerprint density at radius 2 is 1.67 bits per heavy atom. The highest BCUT2D eigenvalue weighted by Crippen LogP contribution is 2.47. The minimum absolute atomic E-state index is 0.0107. The van der Waals surface area contributed by atoms with E-state index in [1.54, 1.807) is 10.0 Å². The third-order valence-corrected chi connectivity index (χ3v) is 5.97. The maximum atomic E-state index is 13.5. The third kappa shape index (κ3) is 3.65. The molecule has 5 heteroatoms. The van der Waals surface area contributed by atoms with E-state index in [1.807, 2.05) is 63.5 Å². The van der Waals surface area contributed by atoms with Crippen LogP contribution in [0.4, 0.5) is 0 Å². The van der Waals surface area contributed by atoms with Crippen molar-refractivity contribution < 1.29 is 14.3 Å². The maximum Gasteiger partial charge on any atom is 0.242 e. The lowest BCUT2D eigenvalue weighted by Gasteiger charge is -2.43. The van der Waals surface area contributed by atoms with Crippen molar-refractivity contribution in [2.24, 2.45) is 0 Å². The first-order valence-electron chi connectivity index (χ1n) is 10.5. The van der Waals surface area contributed by atoms with E-state index in [0.29, 0.717) is 19.4 Å². The standard InChI is InChI=1S/C25H28N2O3/c1-4-30-23-13-9-8-12-19(23)20-16-24(29)27(26(2)3)21-14-18(15-22(28)25(20)21)17-10-6-5-7-11-17/h5-13,18,20H,4,14-16H2,1-3H3/t18-,20+/m0/s1. The van der Waals surface area contributed by atoms with Gasteiger partial charge in [0.1, 0.15) is 5.75 Å². The lowest BCUT2D eigenvalue weighted by Crippen LogP contribution is -2.48. The number of rotatable bonds is 5. The highest BCUT2D eigenvalue weighted by atomic mass is 16.5. The molecular weight excluding hydrogens is 376 g/mol. The summed E-state index contributed by atoms with van der Waals surface area (Å²) in [5.74, 6) is 0.697. The average molecular weight is 405 g/mol. The molecule has 1 amide bonds. The van der Waals surface area contributed by atoms with Crippen LogP contribution in [0.15, 0.2) is 65.9 Å². The van der Waals surface area contributed by atoms with E-state index in [2.05, 4.69) is 12.1 Å². The molecule has 1 aliphatic carbocycles. The van der Waals surface area contributed by atoms with Crippen molar-refractivity contribution in [1.82, 2.24) is 10.0 Å². The second-order valence-corrected chi connectivity index (χ2v) is 8.08. The molecule has 30 heavy (non-hydrogen) atoms. The topological polar surface area (TPSA) is 49.9 Å². The lowest BCUT2D eigenvalue weighted by molar-refractivity contribution is -0.143. The summed E-state index contributed by atoms with van der Waals surface area (Å²) < 4.78 is 5.84. The van der Waals surface area contributed by atoms with E-state index in [1.165, 1.54) is 0 Å². The zero-order valence-electron chi connectivity index (χ0n) is 17.8.